The molecular formula is C16H18N2O. The van der Waals surface area contributed by atoms with Crippen molar-refractivity contribution in [1.82, 2.24) is 4.57 Å². The van der Waals surface area contributed by atoms with Crippen LogP contribution in [0.4, 0.5) is 5.69 Å². The van der Waals surface area contributed by atoms with Crippen molar-refractivity contribution in [3.8, 4) is 11.3 Å². The second kappa shape index (κ2) is 4.92. The summed E-state index contributed by atoms with van der Waals surface area (Å²) in [5.74, 6) is 0. The van der Waals surface area contributed by atoms with E-state index in [1.807, 2.05) is 41.0 Å². The number of hydrogen-bond donors (Lipinski definition) is 1. The van der Waals surface area contributed by atoms with E-state index in [0.717, 1.165) is 24.1 Å². The number of aromatic nitrogens is 1. The molecule has 0 amide bonds. The number of benzene rings is 1. The van der Waals surface area contributed by atoms with Crippen molar-refractivity contribution in [2.75, 3.05) is 5.73 Å². The number of hydrogen-bond acceptors (Lipinski definition) is 2. The Kier molecular flexibility index (Phi) is 3.11. The Morgan fingerprint density at radius 1 is 1.00 bits per heavy atom. The number of anilines is 1. The first-order valence-corrected chi connectivity index (χ1v) is 6.84. The lowest BCUT2D eigenvalue weighted by atomic mass is 10.1. The molecular weight excluding hydrogens is 236 g/mol. The van der Waals surface area contributed by atoms with Gasteiger partial charge in [0.05, 0.1) is 11.4 Å². The zero-order valence-corrected chi connectivity index (χ0v) is 10.9. The lowest BCUT2D eigenvalue weighted by Crippen LogP contribution is -2.27. The van der Waals surface area contributed by atoms with Gasteiger partial charge in [-0.2, -0.15) is 0 Å². The van der Waals surface area contributed by atoms with E-state index in [4.69, 9.17) is 5.73 Å². The van der Waals surface area contributed by atoms with Crippen LogP contribution < -0.4 is 11.3 Å². The molecule has 1 aliphatic carbocycles. The van der Waals surface area contributed by atoms with Crippen LogP contribution in [-0.2, 0) is 0 Å². The molecule has 3 heteroatoms. The summed E-state index contributed by atoms with van der Waals surface area (Å²) in [7, 11) is 0. The van der Waals surface area contributed by atoms with Crippen molar-refractivity contribution in [3.63, 3.8) is 0 Å². The van der Waals surface area contributed by atoms with Crippen molar-refractivity contribution in [2.45, 2.75) is 31.7 Å². The van der Waals surface area contributed by atoms with Gasteiger partial charge in [-0.1, -0.05) is 43.2 Å². The van der Waals surface area contributed by atoms with Crippen LogP contribution in [0.1, 0.15) is 31.7 Å². The molecule has 3 nitrogen and oxygen atoms in total. The Balaban J connectivity index is 2.19. The monoisotopic (exact) mass is 254 g/mol. The average molecular weight is 254 g/mol. The predicted molar refractivity (Wildman–Crippen MR) is 78.1 cm³/mol. The van der Waals surface area contributed by atoms with Crippen LogP contribution in [0.3, 0.4) is 0 Å². The highest BCUT2D eigenvalue weighted by molar-refractivity contribution is 5.61. The summed E-state index contributed by atoms with van der Waals surface area (Å²) >= 11 is 0. The molecule has 2 N–H and O–H groups in total. The first kappa shape index (κ1) is 12.0. The lowest BCUT2D eigenvalue weighted by molar-refractivity contribution is 0.509. The quantitative estimate of drug-likeness (QED) is 0.894. The summed E-state index contributed by atoms with van der Waals surface area (Å²) in [5, 5.41) is 0. The van der Waals surface area contributed by atoms with Crippen LogP contribution in [-0.4, -0.2) is 4.57 Å². The van der Waals surface area contributed by atoms with Gasteiger partial charge in [-0.05, 0) is 30.5 Å². The normalized spacial score (nSPS) is 15.8. The third kappa shape index (κ3) is 2.16. The maximum absolute atomic E-state index is 12.4. The van der Waals surface area contributed by atoms with Gasteiger partial charge in [0.2, 0.25) is 0 Å². The topological polar surface area (TPSA) is 48.0 Å². The highest BCUT2D eigenvalue weighted by Gasteiger charge is 2.21. The van der Waals surface area contributed by atoms with Crippen LogP contribution in [0.25, 0.3) is 11.3 Å². The third-order valence-corrected chi connectivity index (χ3v) is 3.91. The van der Waals surface area contributed by atoms with Crippen molar-refractivity contribution >= 4 is 5.69 Å². The number of nitrogens with two attached hydrogens (primary N) is 1. The van der Waals surface area contributed by atoms with E-state index in [9.17, 15) is 4.79 Å². The zero-order valence-electron chi connectivity index (χ0n) is 10.9. The SMILES string of the molecule is Nc1ccc(-c2ccccc2)n(C2CCCC2)c1=O. The molecule has 1 aliphatic rings. The minimum absolute atomic E-state index is 0.0479. The maximum Gasteiger partial charge on any atom is 0.274 e. The van der Waals surface area contributed by atoms with E-state index in [2.05, 4.69) is 0 Å². The van der Waals surface area contributed by atoms with Crippen molar-refractivity contribution < 1.29 is 0 Å². The fourth-order valence-electron chi connectivity index (χ4n) is 2.94. The highest BCUT2D eigenvalue weighted by Crippen LogP contribution is 2.32. The number of nitrogens with zero attached hydrogens (tertiary/aromatic N) is 1. The summed E-state index contributed by atoms with van der Waals surface area (Å²) < 4.78 is 1.90. The van der Waals surface area contributed by atoms with Crippen molar-refractivity contribution in [3.05, 3.63) is 52.8 Å². The number of nitrogen functional groups attached to an aromatic ring is 1. The minimum atomic E-state index is -0.0479. The molecule has 19 heavy (non-hydrogen) atoms. The maximum atomic E-state index is 12.4. The van der Waals surface area contributed by atoms with E-state index in [-0.39, 0.29) is 5.56 Å². The molecule has 0 atom stereocenters. The standard InChI is InChI=1S/C16H18N2O/c17-14-10-11-15(12-6-2-1-3-7-12)18(16(14)19)13-8-4-5-9-13/h1-3,6-7,10-11,13H,4-5,8-9,17H2. The highest BCUT2D eigenvalue weighted by atomic mass is 16.1. The summed E-state index contributed by atoms with van der Waals surface area (Å²) in [6.07, 6.45) is 4.53. The van der Waals surface area contributed by atoms with E-state index < -0.39 is 0 Å². The molecule has 1 aromatic carbocycles. The van der Waals surface area contributed by atoms with Crippen LogP contribution in [0, 0.1) is 0 Å². The summed E-state index contributed by atoms with van der Waals surface area (Å²) in [5.41, 5.74) is 8.15. The van der Waals surface area contributed by atoms with Gasteiger partial charge in [-0.15, -0.1) is 0 Å². The lowest BCUT2D eigenvalue weighted by Gasteiger charge is -2.19. The van der Waals surface area contributed by atoms with E-state index in [0.29, 0.717) is 11.7 Å². The Morgan fingerprint density at radius 3 is 2.37 bits per heavy atom. The van der Waals surface area contributed by atoms with Crippen molar-refractivity contribution in [2.24, 2.45) is 0 Å². The molecule has 0 aliphatic heterocycles. The third-order valence-electron chi connectivity index (χ3n) is 3.91. The van der Waals surface area contributed by atoms with Gasteiger partial charge in [-0.25, -0.2) is 0 Å². The number of pyridine rings is 1. The molecule has 1 saturated carbocycles. The largest absolute Gasteiger partial charge is 0.394 e. The molecule has 2 aromatic rings. The Morgan fingerprint density at radius 2 is 1.68 bits per heavy atom. The second-order valence-electron chi connectivity index (χ2n) is 5.15. The molecule has 0 saturated heterocycles. The van der Waals surface area contributed by atoms with E-state index >= 15 is 0 Å². The summed E-state index contributed by atoms with van der Waals surface area (Å²) in [4.78, 5) is 12.4. The van der Waals surface area contributed by atoms with Crippen molar-refractivity contribution in [1.29, 1.82) is 0 Å². The van der Waals surface area contributed by atoms with Crippen LogP contribution in [0.2, 0.25) is 0 Å². The van der Waals surface area contributed by atoms with Gasteiger partial charge in [0.15, 0.2) is 0 Å². The van der Waals surface area contributed by atoms with Gasteiger partial charge in [-0.3, -0.25) is 4.79 Å². The predicted octanol–water partition coefficient (Wildman–Crippen LogP) is 3.21. The number of rotatable bonds is 2. The van der Waals surface area contributed by atoms with Gasteiger partial charge in [0.25, 0.3) is 5.56 Å². The molecule has 0 unspecified atom stereocenters. The smallest absolute Gasteiger partial charge is 0.274 e. The van der Waals surface area contributed by atoms with E-state index in [1.54, 1.807) is 6.07 Å². The van der Waals surface area contributed by atoms with E-state index in [1.165, 1.54) is 12.8 Å². The first-order chi connectivity index (χ1) is 9.27. The molecule has 3 rings (SSSR count). The molecule has 1 heterocycles. The minimum Gasteiger partial charge on any atom is -0.394 e. The molecule has 98 valence electrons. The zero-order chi connectivity index (χ0) is 13.2. The van der Waals surface area contributed by atoms with Crippen LogP contribution >= 0.6 is 0 Å². The second-order valence-corrected chi connectivity index (χ2v) is 5.15. The summed E-state index contributed by atoms with van der Waals surface area (Å²) in [6, 6.07) is 14.0. The molecule has 1 fully saturated rings. The Hall–Kier alpha value is -2.03. The average Bonchev–Trinajstić information content (AvgIpc) is 2.96. The Bertz CT molecular complexity index is 625. The first-order valence-electron chi connectivity index (χ1n) is 6.84. The Labute approximate surface area is 112 Å². The molecule has 0 spiro atoms. The summed E-state index contributed by atoms with van der Waals surface area (Å²) in [6.45, 7) is 0. The van der Waals surface area contributed by atoms with Gasteiger partial charge in [0.1, 0.15) is 0 Å². The molecule has 0 radical (unpaired) electrons. The van der Waals surface area contributed by atoms with Crippen LogP contribution in [0.15, 0.2) is 47.3 Å². The molecule has 0 bridgehead atoms. The van der Waals surface area contributed by atoms with Crippen LogP contribution in [0.5, 0.6) is 0 Å². The van der Waals surface area contributed by atoms with Gasteiger partial charge < -0.3 is 10.3 Å². The molecule has 1 aromatic heterocycles. The fourth-order valence-corrected chi connectivity index (χ4v) is 2.94. The van der Waals surface area contributed by atoms with Gasteiger partial charge in [0, 0.05) is 6.04 Å². The fraction of sp³-hybridized carbons (Fsp3) is 0.312. The van der Waals surface area contributed by atoms with Gasteiger partial charge >= 0.3 is 0 Å².